The molecule has 0 spiro atoms. The van der Waals surface area contributed by atoms with Gasteiger partial charge in [0.15, 0.2) is 5.82 Å². The molecule has 0 radical (unpaired) electrons. The minimum Gasteiger partial charge on any atom is -0.369 e. The summed E-state index contributed by atoms with van der Waals surface area (Å²) in [6, 6.07) is 8.03. The van der Waals surface area contributed by atoms with Crippen molar-refractivity contribution in [2.45, 2.75) is 33.1 Å². The zero-order chi connectivity index (χ0) is 15.4. The Hall–Kier alpha value is -0.940. The van der Waals surface area contributed by atoms with E-state index < -0.39 is 0 Å². The lowest BCUT2D eigenvalue weighted by Crippen LogP contribution is -2.08. The molecule has 0 aliphatic heterocycles. The van der Waals surface area contributed by atoms with Crippen LogP contribution in [0.25, 0.3) is 11.4 Å². The molecule has 1 N–H and O–H groups in total. The smallest absolute Gasteiger partial charge is 0.162 e. The molecule has 0 aliphatic rings. The van der Waals surface area contributed by atoms with Gasteiger partial charge in [0.25, 0.3) is 0 Å². The predicted molar refractivity (Wildman–Crippen MR) is 95.7 cm³/mol. The van der Waals surface area contributed by atoms with Crippen LogP contribution in [0.5, 0.6) is 0 Å². The van der Waals surface area contributed by atoms with Gasteiger partial charge in [0.1, 0.15) is 5.82 Å². The molecule has 5 heteroatoms. The van der Waals surface area contributed by atoms with E-state index in [-0.39, 0.29) is 0 Å². The van der Waals surface area contributed by atoms with E-state index in [9.17, 15) is 0 Å². The summed E-state index contributed by atoms with van der Waals surface area (Å²) in [6.07, 6.45) is 1.05. The molecule has 0 saturated carbocycles. The molecule has 0 amide bonds. The highest BCUT2D eigenvalue weighted by molar-refractivity contribution is 9.11. The first-order valence-electron chi connectivity index (χ1n) is 7.10. The third kappa shape index (κ3) is 3.83. The highest BCUT2D eigenvalue weighted by Gasteiger charge is 2.16. The van der Waals surface area contributed by atoms with E-state index in [1.165, 1.54) is 0 Å². The van der Waals surface area contributed by atoms with Gasteiger partial charge in [-0.1, -0.05) is 54.9 Å². The summed E-state index contributed by atoms with van der Waals surface area (Å²) in [5.74, 6) is 1.93. The van der Waals surface area contributed by atoms with Crippen LogP contribution >= 0.6 is 31.9 Å². The van der Waals surface area contributed by atoms with Gasteiger partial charge >= 0.3 is 0 Å². The maximum atomic E-state index is 4.74. The van der Waals surface area contributed by atoms with E-state index in [0.29, 0.717) is 5.92 Å². The quantitative estimate of drug-likeness (QED) is 0.692. The Balaban J connectivity index is 2.56. The van der Waals surface area contributed by atoms with Gasteiger partial charge in [0.05, 0.1) is 10.2 Å². The molecule has 112 valence electrons. The summed E-state index contributed by atoms with van der Waals surface area (Å²) in [6.45, 7) is 7.31. The molecule has 3 nitrogen and oxygen atoms in total. The molecule has 0 fully saturated rings. The molecule has 0 aliphatic carbocycles. The Morgan fingerprint density at radius 2 is 1.86 bits per heavy atom. The van der Waals surface area contributed by atoms with Crippen LogP contribution in [-0.4, -0.2) is 16.5 Å². The second-order valence-electron chi connectivity index (χ2n) is 5.16. The van der Waals surface area contributed by atoms with E-state index >= 15 is 0 Å². The van der Waals surface area contributed by atoms with E-state index in [1.54, 1.807) is 0 Å². The summed E-state index contributed by atoms with van der Waals surface area (Å²) in [5, 5.41) is 3.37. The van der Waals surface area contributed by atoms with Crippen molar-refractivity contribution in [3.63, 3.8) is 0 Å². The first-order valence-corrected chi connectivity index (χ1v) is 8.69. The number of hydrogen-bond acceptors (Lipinski definition) is 3. The average molecular weight is 413 g/mol. The number of anilines is 1. The average Bonchev–Trinajstić information content (AvgIpc) is 2.46. The van der Waals surface area contributed by atoms with E-state index in [1.807, 2.05) is 24.3 Å². The van der Waals surface area contributed by atoms with E-state index in [4.69, 9.17) is 4.98 Å². The van der Waals surface area contributed by atoms with Crippen molar-refractivity contribution >= 4 is 37.7 Å². The van der Waals surface area contributed by atoms with Crippen molar-refractivity contribution in [3.8, 4) is 11.4 Å². The van der Waals surface area contributed by atoms with Crippen molar-refractivity contribution in [1.29, 1.82) is 0 Å². The van der Waals surface area contributed by atoms with Crippen molar-refractivity contribution < 1.29 is 0 Å². The summed E-state index contributed by atoms with van der Waals surface area (Å²) in [4.78, 5) is 9.43. The fraction of sp³-hybridized carbons (Fsp3) is 0.375. The third-order valence-electron chi connectivity index (χ3n) is 3.08. The van der Waals surface area contributed by atoms with Gasteiger partial charge in [0, 0.05) is 16.6 Å². The monoisotopic (exact) mass is 411 g/mol. The molecule has 2 aromatic rings. The number of nitrogens with one attached hydrogen (secondary N) is 1. The lowest BCUT2D eigenvalue weighted by Gasteiger charge is -2.15. The first-order chi connectivity index (χ1) is 10.0. The molecule has 1 aromatic carbocycles. The number of hydrogen-bond donors (Lipinski definition) is 1. The topological polar surface area (TPSA) is 37.8 Å². The maximum absolute atomic E-state index is 4.74. The van der Waals surface area contributed by atoms with Gasteiger partial charge in [-0.05, 0) is 34.3 Å². The normalized spacial score (nSPS) is 11.0. The van der Waals surface area contributed by atoms with Crippen LogP contribution in [0, 0.1) is 0 Å². The molecule has 0 unspecified atom stereocenters. The second-order valence-corrected chi connectivity index (χ2v) is 6.80. The lowest BCUT2D eigenvalue weighted by molar-refractivity contribution is 0.808. The lowest BCUT2D eigenvalue weighted by atomic mass is 10.1. The Labute approximate surface area is 142 Å². The summed E-state index contributed by atoms with van der Waals surface area (Å²) in [7, 11) is 0. The molecular formula is C16H19Br2N3. The molecule has 0 saturated heterocycles. The van der Waals surface area contributed by atoms with Crippen molar-refractivity contribution in [3.05, 3.63) is 38.9 Å². The zero-order valence-electron chi connectivity index (χ0n) is 12.5. The van der Waals surface area contributed by atoms with Crippen LogP contribution in [-0.2, 0) is 0 Å². The highest BCUT2D eigenvalue weighted by atomic mass is 79.9. The van der Waals surface area contributed by atoms with Gasteiger partial charge in [-0.3, -0.25) is 0 Å². The standard InChI is InChI=1S/C16H19Br2N3/c1-4-9-19-16-13(18)14(10(2)3)20-15(21-16)11-7-5-6-8-12(11)17/h5-8,10H,4,9H2,1-3H3,(H,19,20,21). The number of benzene rings is 1. The predicted octanol–water partition coefficient (Wildman–Crippen LogP) is 5.61. The molecule has 0 bridgehead atoms. The summed E-state index contributed by atoms with van der Waals surface area (Å²) in [5.41, 5.74) is 2.03. The van der Waals surface area contributed by atoms with Crippen molar-refractivity contribution in [1.82, 2.24) is 9.97 Å². The van der Waals surface area contributed by atoms with Gasteiger partial charge in [-0.25, -0.2) is 9.97 Å². The van der Waals surface area contributed by atoms with Crippen LogP contribution in [0.1, 0.15) is 38.8 Å². The number of halogens is 2. The Morgan fingerprint density at radius 3 is 2.48 bits per heavy atom. The minimum absolute atomic E-state index is 0.325. The van der Waals surface area contributed by atoms with Gasteiger partial charge in [-0.15, -0.1) is 0 Å². The molecule has 1 aromatic heterocycles. The van der Waals surface area contributed by atoms with Crippen LogP contribution < -0.4 is 5.32 Å². The SMILES string of the molecule is CCCNc1nc(-c2ccccc2Br)nc(C(C)C)c1Br. The summed E-state index contributed by atoms with van der Waals surface area (Å²) >= 11 is 7.22. The van der Waals surface area contributed by atoms with E-state index in [2.05, 4.69) is 62.9 Å². The van der Waals surface area contributed by atoms with Crippen LogP contribution in [0.4, 0.5) is 5.82 Å². The van der Waals surface area contributed by atoms with Gasteiger partial charge in [0.2, 0.25) is 0 Å². The number of aromatic nitrogens is 2. The van der Waals surface area contributed by atoms with Crippen molar-refractivity contribution in [2.24, 2.45) is 0 Å². The largest absolute Gasteiger partial charge is 0.369 e. The van der Waals surface area contributed by atoms with E-state index in [0.717, 1.165) is 44.8 Å². The maximum Gasteiger partial charge on any atom is 0.162 e. The minimum atomic E-state index is 0.325. The Bertz CT molecular complexity index is 627. The van der Waals surface area contributed by atoms with Crippen LogP contribution in [0.3, 0.4) is 0 Å². The van der Waals surface area contributed by atoms with Gasteiger partial charge in [-0.2, -0.15) is 0 Å². The van der Waals surface area contributed by atoms with Crippen LogP contribution in [0.15, 0.2) is 33.2 Å². The fourth-order valence-electron chi connectivity index (χ4n) is 1.97. The Morgan fingerprint density at radius 1 is 1.14 bits per heavy atom. The summed E-state index contributed by atoms with van der Waals surface area (Å²) < 4.78 is 1.96. The number of rotatable bonds is 5. The number of nitrogens with zero attached hydrogens (tertiary/aromatic N) is 2. The molecule has 0 atom stereocenters. The highest BCUT2D eigenvalue weighted by Crippen LogP contribution is 2.33. The first kappa shape index (κ1) is 16.4. The fourth-order valence-corrected chi connectivity index (χ4v) is 3.21. The van der Waals surface area contributed by atoms with Gasteiger partial charge < -0.3 is 5.32 Å². The van der Waals surface area contributed by atoms with Crippen molar-refractivity contribution in [2.75, 3.05) is 11.9 Å². The van der Waals surface area contributed by atoms with Crippen LogP contribution in [0.2, 0.25) is 0 Å². The zero-order valence-corrected chi connectivity index (χ0v) is 15.6. The Kier molecular flexibility index (Phi) is 5.76. The molecular weight excluding hydrogens is 394 g/mol. The molecule has 21 heavy (non-hydrogen) atoms. The second kappa shape index (κ2) is 7.36. The molecule has 1 heterocycles. The molecule has 2 rings (SSSR count). The third-order valence-corrected chi connectivity index (χ3v) is 4.55.